The van der Waals surface area contributed by atoms with E-state index in [9.17, 15) is 45.6 Å². The van der Waals surface area contributed by atoms with Crippen molar-refractivity contribution in [1.29, 1.82) is 0 Å². The van der Waals surface area contributed by atoms with Crippen molar-refractivity contribution < 1.29 is 64.6 Å². The fraction of sp³-hybridized carbons (Fsp3) is 0.843. The highest BCUT2D eigenvalue weighted by Crippen LogP contribution is 2.30. The van der Waals surface area contributed by atoms with Crippen LogP contribution in [0.3, 0.4) is 0 Å². The Morgan fingerprint density at radius 2 is 0.821 bits per heavy atom. The van der Waals surface area contributed by atoms with Crippen LogP contribution < -0.4 is 5.32 Å². The van der Waals surface area contributed by atoms with E-state index in [4.69, 9.17) is 18.9 Å². The lowest BCUT2D eigenvalue weighted by Gasteiger charge is -2.46. The third kappa shape index (κ3) is 38.9. The summed E-state index contributed by atoms with van der Waals surface area (Å²) in [5, 5.41) is 87.3. The first-order valence-electron chi connectivity index (χ1n) is 34.5. The minimum absolute atomic E-state index is 0.251. The molecule has 2 rings (SSSR count). The summed E-state index contributed by atoms with van der Waals surface area (Å²) in [4.78, 5) is 13.3. The van der Waals surface area contributed by atoms with Crippen LogP contribution in [-0.2, 0) is 23.7 Å². The lowest BCUT2D eigenvalue weighted by atomic mass is 9.97. The summed E-state index contributed by atoms with van der Waals surface area (Å²) in [5.41, 5.74) is 0. The van der Waals surface area contributed by atoms with E-state index in [-0.39, 0.29) is 18.9 Å². The summed E-state index contributed by atoms with van der Waals surface area (Å²) in [7, 11) is 0. The minimum atomic E-state index is -1.79. The molecule has 2 saturated heterocycles. The van der Waals surface area contributed by atoms with Crippen molar-refractivity contribution in [3.05, 3.63) is 60.8 Å². The van der Waals surface area contributed by atoms with E-state index in [1.54, 1.807) is 6.08 Å². The molecule has 2 aliphatic rings. The van der Waals surface area contributed by atoms with Gasteiger partial charge >= 0.3 is 0 Å². The smallest absolute Gasteiger partial charge is 0.220 e. The normalized spacial score (nSPS) is 24.0. The highest BCUT2D eigenvalue weighted by molar-refractivity contribution is 5.76. The Hall–Kier alpha value is -2.31. The first-order valence-corrected chi connectivity index (χ1v) is 34.5. The molecule has 0 bridgehead atoms. The van der Waals surface area contributed by atoms with Gasteiger partial charge in [0.2, 0.25) is 5.91 Å². The number of hydrogen-bond acceptors (Lipinski definition) is 13. The molecule has 0 aliphatic carbocycles. The molecule has 2 heterocycles. The van der Waals surface area contributed by atoms with Gasteiger partial charge in [-0.1, -0.05) is 280 Å². The van der Waals surface area contributed by atoms with Gasteiger partial charge in [-0.25, -0.2) is 0 Å². The largest absolute Gasteiger partial charge is 0.394 e. The van der Waals surface area contributed by atoms with Gasteiger partial charge < -0.3 is 65.1 Å². The fourth-order valence-electron chi connectivity index (χ4n) is 11.2. The zero-order valence-electron chi connectivity index (χ0n) is 53.1. The predicted molar refractivity (Wildman–Crippen MR) is 341 cm³/mol. The molecule has 0 aromatic rings. The third-order valence-corrected chi connectivity index (χ3v) is 16.7. The first-order chi connectivity index (χ1) is 41.1. The van der Waals surface area contributed by atoms with Crippen LogP contribution in [0.2, 0.25) is 0 Å². The maximum atomic E-state index is 13.3. The Kier molecular flexibility index (Phi) is 50.8. The minimum Gasteiger partial charge on any atom is -0.394 e. The van der Waals surface area contributed by atoms with Crippen LogP contribution in [0.25, 0.3) is 0 Å². The van der Waals surface area contributed by atoms with E-state index in [1.165, 1.54) is 186 Å². The molecule has 14 heteroatoms. The maximum absolute atomic E-state index is 13.3. The molecule has 0 aromatic carbocycles. The topological polar surface area (TPSA) is 228 Å². The summed E-state index contributed by atoms with van der Waals surface area (Å²) in [5.74, 6) is -0.262. The lowest BCUT2D eigenvalue weighted by Crippen LogP contribution is -2.65. The number of unbranched alkanes of at least 4 members (excludes halogenated alkanes) is 35. The molecule has 0 radical (unpaired) electrons. The molecule has 0 aromatic heterocycles. The lowest BCUT2D eigenvalue weighted by molar-refractivity contribution is -0.359. The van der Waals surface area contributed by atoms with Crippen LogP contribution in [0.15, 0.2) is 60.8 Å². The number of nitrogens with one attached hydrogen (secondary N) is 1. The molecule has 1 amide bonds. The Morgan fingerprint density at radius 3 is 1.26 bits per heavy atom. The van der Waals surface area contributed by atoms with Crippen molar-refractivity contribution in [3.8, 4) is 0 Å². The fourth-order valence-corrected chi connectivity index (χ4v) is 11.2. The van der Waals surface area contributed by atoms with E-state index < -0.39 is 86.8 Å². The van der Waals surface area contributed by atoms with Crippen molar-refractivity contribution in [2.45, 2.75) is 357 Å². The summed E-state index contributed by atoms with van der Waals surface area (Å²) in [6, 6.07) is -0.932. The van der Waals surface area contributed by atoms with E-state index in [0.717, 1.165) is 70.6 Å². The standard InChI is InChI=1S/C70H127NO13/c1-3-5-7-9-11-13-15-17-19-21-22-23-24-25-26-27-28-29-30-31-32-33-34-35-36-38-39-41-43-45-47-49-51-53-59(74)58(71-62(75)54-52-50-48-46-44-42-40-37-20-18-16-14-12-10-8-6-4-2)57-81-69-67(80)65(78)68(61(56-73)83-69)84-70-66(79)64(77)63(76)60(55-72)82-70/h6,8,12,14,18,20,40,42,51,53,58-61,63-70,72-74,76-80H,3-5,7,9-11,13,15-17,19,21-39,41,43-50,52,54-57H2,1-2H3,(H,71,75)/b8-6-,14-12-,20-18-,42-40-,53-51+. The number of rotatable bonds is 56. The summed E-state index contributed by atoms with van der Waals surface area (Å²) >= 11 is 0. The molecule has 0 spiro atoms. The molecule has 0 saturated carbocycles. The first kappa shape index (κ1) is 77.8. The molecule has 84 heavy (non-hydrogen) atoms. The average Bonchev–Trinajstić information content (AvgIpc) is 3.18. The van der Waals surface area contributed by atoms with Crippen LogP contribution in [0.1, 0.15) is 284 Å². The van der Waals surface area contributed by atoms with Crippen LogP contribution >= 0.6 is 0 Å². The Balaban J connectivity index is 1.66. The van der Waals surface area contributed by atoms with Crippen molar-refractivity contribution >= 4 is 5.91 Å². The predicted octanol–water partition coefficient (Wildman–Crippen LogP) is 13.7. The van der Waals surface area contributed by atoms with Gasteiger partial charge in [-0.05, 0) is 57.8 Å². The zero-order valence-corrected chi connectivity index (χ0v) is 53.1. The van der Waals surface area contributed by atoms with Crippen molar-refractivity contribution in [1.82, 2.24) is 5.32 Å². The van der Waals surface area contributed by atoms with Crippen molar-refractivity contribution in [2.75, 3.05) is 19.8 Å². The van der Waals surface area contributed by atoms with Gasteiger partial charge in [0.1, 0.15) is 48.8 Å². The van der Waals surface area contributed by atoms with Gasteiger partial charge in [0.05, 0.1) is 32.0 Å². The molecule has 14 nitrogen and oxygen atoms in total. The van der Waals surface area contributed by atoms with Crippen LogP contribution in [0.5, 0.6) is 0 Å². The van der Waals surface area contributed by atoms with Gasteiger partial charge in [0.25, 0.3) is 0 Å². The molecule has 2 fully saturated rings. The number of aliphatic hydroxyl groups excluding tert-OH is 8. The van der Waals surface area contributed by atoms with E-state index in [1.807, 2.05) is 6.08 Å². The Bertz CT molecular complexity index is 1640. The number of allylic oxidation sites excluding steroid dienone is 9. The van der Waals surface area contributed by atoms with Gasteiger partial charge in [0, 0.05) is 6.42 Å². The van der Waals surface area contributed by atoms with Crippen LogP contribution in [0, 0.1) is 0 Å². The number of carbonyl (C=O) groups is 1. The van der Waals surface area contributed by atoms with Gasteiger partial charge in [0.15, 0.2) is 12.6 Å². The molecular weight excluding hydrogens is 1060 g/mol. The molecule has 2 aliphatic heterocycles. The molecule has 12 unspecified atom stereocenters. The Labute approximate surface area is 511 Å². The number of amides is 1. The summed E-state index contributed by atoms with van der Waals surface area (Å²) in [6.45, 7) is 2.69. The Morgan fingerprint density at radius 1 is 0.440 bits per heavy atom. The molecular formula is C70H127NO13. The number of ether oxygens (including phenoxy) is 4. The van der Waals surface area contributed by atoms with Crippen LogP contribution in [0.4, 0.5) is 0 Å². The van der Waals surface area contributed by atoms with Gasteiger partial charge in [-0.2, -0.15) is 0 Å². The zero-order chi connectivity index (χ0) is 60.9. The van der Waals surface area contributed by atoms with E-state index in [0.29, 0.717) is 6.42 Å². The maximum Gasteiger partial charge on any atom is 0.220 e. The molecule has 12 atom stereocenters. The van der Waals surface area contributed by atoms with Crippen molar-refractivity contribution in [2.24, 2.45) is 0 Å². The molecule has 9 N–H and O–H groups in total. The van der Waals surface area contributed by atoms with E-state index >= 15 is 0 Å². The summed E-state index contributed by atoms with van der Waals surface area (Å²) < 4.78 is 22.8. The highest BCUT2D eigenvalue weighted by atomic mass is 16.7. The number of aliphatic hydroxyl groups is 8. The second-order valence-corrected chi connectivity index (χ2v) is 24.3. The van der Waals surface area contributed by atoms with E-state index in [2.05, 4.69) is 67.8 Å². The van der Waals surface area contributed by atoms with Gasteiger partial charge in [-0.3, -0.25) is 4.79 Å². The van der Waals surface area contributed by atoms with Crippen LogP contribution in [-0.4, -0.2) is 140 Å². The third-order valence-electron chi connectivity index (χ3n) is 16.7. The highest BCUT2D eigenvalue weighted by Gasteiger charge is 2.51. The second-order valence-electron chi connectivity index (χ2n) is 24.3. The SMILES string of the molecule is CC/C=C\C/C=C\C/C=C\C/C=C\CCCCCCC(=O)NC(COC1OC(CO)C(OC2OC(CO)C(O)C(O)C2O)C(O)C1O)C(O)/C=C/CCCCCCCCCCCCCCCCCCCCCCCCCCCCCCCCC. The monoisotopic (exact) mass is 1190 g/mol. The second kappa shape index (κ2) is 54.8. The van der Waals surface area contributed by atoms with Crippen molar-refractivity contribution in [3.63, 3.8) is 0 Å². The average molecular weight is 1190 g/mol. The quantitative estimate of drug-likeness (QED) is 0.0204. The summed E-state index contributed by atoms with van der Waals surface area (Å²) in [6.07, 6.45) is 55.8. The number of hydrogen-bond donors (Lipinski definition) is 9. The van der Waals surface area contributed by atoms with Gasteiger partial charge in [-0.15, -0.1) is 0 Å². The molecule has 490 valence electrons. The number of carbonyl (C=O) groups excluding carboxylic acids is 1.